The molecule has 2 aromatic heterocycles. The van der Waals surface area contributed by atoms with Crippen molar-refractivity contribution in [2.24, 2.45) is 0 Å². The summed E-state index contributed by atoms with van der Waals surface area (Å²) in [7, 11) is -4.23. The minimum Gasteiger partial charge on any atom is -0.350 e. The van der Waals surface area contributed by atoms with Gasteiger partial charge < -0.3 is 10.6 Å². The first-order valence-electron chi connectivity index (χ1n) is 13.2. The molecule has 42 heavy (non-hydrogen) atoms. The second kappa shape index (κ2) is 11.9. The monoisotopic (exact) mass is 620 g/mol. The van der Waals surface area contributed by atoms with Crippen LogP contribution >= 0.6 is 11.8 Å². The Morgan fingerprint density at radius 3 is 2.55 bits per heavy atom. The van der Waals surface area contributed by atoms with Gasteiger partial charge in [0.25, 0.3) is 15.6 Å². The average Bonchev–Trinajstić information content (AvgIpc) is 2.93. The van der Waals surface area contributed by atoms with Crippen molar-refractivity contribution in [3.05, 3.63) is 82.3 Å². The molecule has 0 radical (unpaired) electrons. The fourth-order valence-corrected chi connectivity index (χ4v) is 6.33. The van der Waals surface area contributed by atoms with Crippen molar-refractivity contribution >= 4 is 44.5 Å². The van der Waals surface area contributed by atoms with E-state index in [9.17, 15) is 22.0 Å². The number of hydrogen-bond acceptors (Lipinski definition) is 7. The summed E-state index contributed by atoms with van der Waals surface area (Å²) in [5.74, 6) is -1.82. The third-order valence-electron chi connectivity index (χ3n) is 6.87. The van der Waals surface area contributed by atoms with Gasteiger partial charge in [-0.2, -0.15) is 8.81 Å². The van der Waals surface area contributed by atoms with E-state index in [1.54, 1.807) is 13.8 Å². The van der Waals surface area contributed by atoms with Crippen LogP contribution in [0.2, 0.25) is 0 Å². The van der Waals surface area contributed by atoms with Crippen molar-refractivity contribution in [1.82, 2.24) is 19.9 Å². The second-order valence-electron chi connectivity index (χ2n) is 10.4. The number of pyridine rings is 1. The highest BCUT2D eigenvalue weighted by Crippen LogP contribution is 2.31. The summed E-state index contributed by atoms with van der Waals surface area (Å²) in [6.07, 6.45) is 0.850. The van der Waals surface area contributed by atoms with Gasteiger partial charge in [0.15, 0.2) is 0 Å². The summed E-state index contributed by atoms with van der Waals surface area (Å²) in [5.41, 5.74) is 0.101. The van der Waals surface area contributed by atoms with Crippen LogP contribution in [-0.2, 0) is 15.8 Å². The molecule has 0 amide bonds. The van der Waals surface area contributed by atoms with E-state index in [1.165, 1.54) is 41.1 Å². The molecule has 2 atom stereocenters. The fraction of sp³-hybridized carbons (Fsp3) is 0.321. The second-order valence-corrected chi connectivity index (χ2v) is 12.8. The Morgan fingerprint density at radius 1 is 1.14 bits per heavy atom. The lowest BCUT2D eigenvalue weighted by atomic mass is 10.0. The number of nitrogens with one attached hydrogen (secondary N) is 2. The van der Waals surface area contributed by atoms with Crippen molar-refractivity contribution in [2.45, 2.75) is 44.3 Å². The Hall–Kier alpha value is -3.68. The summed E-state index contributed by atoms with van der Waals surface area (Å²) in [6.45, 7) is 4.45. The van der Waals surface area contributed by atoms with Crippen molar-refractivity contribution in [3.63, 3.8) is 0 Å². The summed E-state index contributed by atoms with van der Waals surface area (Å²) in [5, 5.41) is 6.64. The molecule has 0 spiro atoms. The fourth-order valence-electron chi connectivity index (χ4n) is 4.87. The van der Waals surface area contributed by atoms with E-state index in [0.717, 1.165) is 18.2 Å². The normalized spacial score (nSPS) is 17.5. The zero-order chi connectivity index (χ0) is 30.2. The van der Waals surface area contributed by atoms with Crippen molar-refractivity contribution in [2.75, 3.05) is 22.2 Å². The molecule has 0 aliphatic carbocycles. The largest absolute Gasteiger partial charge is 0.350 e. The number of fused-ring (bicyclic) bond motifs is 1. The topological polar surface area (TPSA) is 109 Å². The molecule has 2 aromatic carbocycles. The van der Waals surface area contributed by atoms with Crippen molar-refractivity contribution in [3.8, 4) is 11.1 Å². The Morgan fingerprint density at radius 2 is 1.88 bits per heavy atom. The molecule has 222 valence electrons. The van der Waals surface area contributed by atoms with Crippen LogP contribution < -0.4 is 20.0 Å². The van der Waals surface area contributed by atoms with Gasteiger partial charge in [-0.3, -0.25) is 9.36 Å². The lowest BCUT2D eigenvalue weighted by Crippen LogP contribution is -2.44. The zero-order valence-corrected chi connectivity index (χ0v) is 24.3. The molecule has 0 saturated carbocycles. The van der Waals surface area contributed by atoms with Gasteiger partial charge in [0.1, 0.15) is 29.1 Å². The van der Waals surface area contributed by atoms with E-state index in [0.29, 0.717) is 34.4 Å². The molecule has 14 heteroatoms. The number of piperidine rings is 1. The zero-order valence-electron chi connectivity index (χ0n) is 22.7. The van der Waals surface area contributed by atoms with Gasteiger partial charge >= 0.3 is 0 Å². The molecule has 1 saturated heterocycles. The number of alkyl halides is 1. The summed E-state index contributed by atoms with van der Waals surface area (Å²) in [6, 6.07) is 9.42. The highest BCUT2D eigenvalue weighted by Gasteiger charge is 2.26. The molecular formula is C28H28ClF3N6O3S. The van der Waals surface area contributed by atoms with E-state index in [2.05, 4.69) is 20.6 Å². The van der Waals surface area contributed by atoms with Crippen LogP contribution in [0.25, 0.3) is 22.2 Å². The molecular weight excluding hydrogens is 593 g/mol. The average molecular weight is 621 g/mol. The first-order valence-corrected chi connectivity index (χ1v) is 15.1. The lowest BCUT2D eigenvalue weighted by molar-refractivity contribution is 0.254. The Balaban J connectivity index is 1.47. The number of sulfonamides is 1. The molecule has 1 aliphatic heterocycles. The number of rotatable bonds is 8. The Bertz CT molecular complexity index is 1790. The van der Waals surface area contributed by atoms with Crippen LogP contribution in [0.3, 0.4) is 0 Å². The number of nitrogens with zero attached hydrogens (tertiary/aromatic N) is 4. The summed E-state index contributed by atoms with van der Waals surface area (Å²) in [4.78, 5) is 22.5. The summed E-state index contributed by atoms with van der Waals surface area (Å²) < 4.78 is 69.7. The predicted octanol–water partition coefficient (Wildman–Crippen LogP) is 4.92. The molecule has 5 rings (SSSR count). The summed E-state index contributed by atoms with van der Waals surface area (Å²) >= 11 is 6.07. The molecule has 2 N–H and O–H groups in total. The van der Waals surface area contributed by atoms with Crippen LogP contribution in [0, 0.1) is 11.6 Å². The van der Waals surface area contributed by atoms with Gasteiger partial charge in [-0.05, 0) is 55.3 Å². The highest BCUT2D eigenvalue weighted by atomic mass is 35.5. The maximum absolute atomic E-state index is 15.3. The standard InChI is InChI=1S/C28H28ClF3N6O3S/c1-16(2)37-26-19(12-34-28(36-26)35-22-11-21(31)13-33-14-22)9-23(27(37)39)18-5-8-25(24(32)10-18)38(29)42(40,41)15-17-3-6-20(30)7-4-17/h3-10,12,16,21-22,33H,11,13-15H2,1-2H3,(H,34,35,36)/t21-,22-/m0/s1. The highest BCUT2D eigenvalue weighted by molar-refractivity contribution is 7.93. The number of anilines is 2. The lowest BCUT2D eigenvalue weighted by Gasteiger charge is -2.26. The van der Waals surface area contributed by atoms with E-state index < -0.39 is 44.8 Å². The molecule has 1 aliphatic rings. The number of aromatic nitrogens is 3. The quantitative estimate of drug-likeness (QED) is 0.269. The van der Waals surface area contributed by atoms with E-state index in [4.69, 9.17) is 11.8 Å². The van der Waals surface area contributed by atoms with Gasteiger partial charge in [0, 0.05) is 60.5 Å². The molecule has 9 nitrogen and oxygen atoms in total. The van der Waals surface area contributed by atoms with Crippen molar-refractivity contribution in [1.29, 1.82) is 0 Å². The molecule has 1 fully saturated rings. The van der Waals surface area contributed by atoms with Crippen molar-refractivity contribution < 1.29 is 21.6 Å². The SMILES string of the molecule is CC(C)n1c(=O)c(-c2ccc(N(Cl)S(=O)(=O)Cc3ccc(F)cc3)c(F)c2)cc2cnc(N[C@@H]3CNC[C@@H](F)C3)nc21. The maximum atomic E-state index is 15.3. The van der Waals surface area contributed by atoms with Crippen LogP contribution in [0.4, 0.5) is 24.8 Å². The number of halogens is 4. The minimum absolute atomic E-state index is 0.151. The predicted molar refractivity (Wildman–Crippen MR) is 157 cm³/mol. The van der Waals surface area contributed by atoms with Crippen LogP contribution in [-0.4, -0.2) is 48.3 Å². The Labute approximate surface area is 245 Å². The molecule has 4 aromatic rings. The number of hydrogen-bond donors (Lipinski definition) is 2. The van der Waals surface area contributed by atoms with Gasteiger partial charge in [0.2, 0.25) is 5.95 Å². The van der Waals surface area contributed by atoms with Gasteiger partial charge in [0.05, 0.1) is 5.75 Å². The third-order valence-corrected chi connectivity index (χ3v) is 9.07. The van der Waals surface area contributed by atoms with E-state index in [-0.39, 0.29) is 34.7 Å². The Kier molecular flexibility index (Phi) is 8.44. The van der Waals surface area contributed by atoms with Gasteiger partial charge in [-0.25, -0.2) is 26.6 Å². The molecule has 0 bridgehead atoms. The number of benzene rings is 2. The van der Waals surface area contributed by atoms with Gasteiger partial charge in [-0.1, -0.05) is 18.2 Å². The third kappa shape index (κ3) is 6.22. The first kappa shape index (κ1) is 29.8. The first-order chi connectivity index (χ1) is 19.9. The minimum atomic E-state index is -4.23. The smallest absolute Gasteiger partial charge is 0.260 e. The molecule has 3 heterocycles. The van der Waals surface area contributed by atoms with Crippen LogP contribution in [0.5, 0.6) is 0 Å². The molecule has 0 unspecified atom stereocenters. The van der Waals surface area contributed by atoms with E-state index >= 15 is 4.39 Å². The van der Waals surface area contributed by atoms with Crippen LogP contribution in [0.1, 0.15) is 31.9 Å². The van der Waals surface area contributed by atoms with E-state index in [1.807, 2.05) is 0 Å². The van der Waals surface area contributed by atoms with Gasteiger partial charge in [-0.15, -0.1) is 0 Å². The maximum Gasteiger partial charge on any atom is 0.260 e. The van der Waals surface area contributed by atoms with Crippen LogP contribution in [0.15, 0.2) is 59.5 Å².